The molecule has 6 heteroatoms. The second-order valence-electron chi connectivity index (χ2n) is 4.75. The molecule has 0 radical (unpaired) electrons. The lowest BCUT2D eigenvalue weighted by Crippen LogP contribution is -2.43. The maximum absolute atomic E-state index is 11.7. The standard InChI is InChI=1S/C13H18N2O4/c1-9(2)7-10(13(18)19)14-11(16)8-15-6-4-3-5-12(15)17/h3-6,9-10H,7-8H2,1-2H3,(H,14,16)(H,18,19)/t10-/m1/s1. The third-order valence-corrected chi connectivity index (χ3v) is 2.55. The van der Waals surface area contributed by atoms with E-state index in [0.29, 0.717) is 6.42 Å². The quantitative estimate of drug-likeness (QED) is 0.783. The zero-order valence-corrected chi connectivity index (χ0v) is 11.0. The van der Waals surface area contributed by atoms with Crippen molar-refractivity contribution < 1.29 is 14.7 Å². The average molecular weight is 266 g/mol. The Hall–Kier alpha value is -2.11. The van der Waals surface area contributed by atoms with Crippen LogP contribution in [-0.4, -0.2) is 27.6 Å². The van der Waals surface area contributed by atoms with Gasteiger partial charge >= 0.3 is 5.97 Å². The number of carboxylic acid groups (broad SMARTS) is 1. The Bertz CT molecular complexity index is 507. The molecule has 0 aliphatic rings. The van der Waals surface area contributed by atoms with Crippen LogP contribution in [0.2, 0.25) is 0 Å². The highest BCUT2D eigenvalue weighted by molar-refractivity contribution is 5.83. The Kier molecular flexibility index (Phi) is 5.29. The van der Waals surface area contributed by atoms with Crippen molar-refractivity contribution in [2.75, 3.05) is 0 Å². The fourth-order valence-electron chi connectivity index (χ4n) is 1.68. The molecule has 104 valence electrons. The summed E-state index contributed by atoms with van der Waals surface area (Å²) in [4.78, 5) is 34.2. The highest BCUT2D eigenvalue weighted by atomic mass is 16.4. The molecule has 1 aromatic rings. The number of aliphatic carboxylic acids is 1. The van der Waals surface area contributed by atoms with Gasteiger partial charge in [-0.2, -0.15) is 0 Å². The number of carboxylic acids is 1. The largest absolute Gasteiger partial charge is 0.480 e. The van der Waals surface area contributed by atoms with Crippen molar-refractivity contribution in [3.63, 3.8) is 0 Å². The predicted molar refractivity (Wildman–Crippen MR) is 69.7 cm³/mol. The van der Waals surface area contributed by atoms with Gasteiger partial charge in [-0.1, -0.05) is 19.9 Å². The molecule has 0 aliphatic heterocycles. The summed E-state index contributed by atoms with van der Waals surface area (Å²) in [6.07, 6.45) is 1.84. The molecular formula is C13H18N2O4. The van der Waals surface area contributed by atoms with Crippen LogP contribution in [-0.2, 0) is 16.1 Å². The van der Waals surface area contributed by atoms with Crippen LogP contribution in [0.5, 0.6) is 0 Å². The first kappa shape index (κ1) is 14.9. The van der Waals surface area contributed by atoms with Gasteiger partial charge in [0.15, 0.2) is 0 Å². The summed E-state index contributed by atoms with van der Waals surface area (Å²) in [7, 11) is 0. The number of rotatable bonds is 6. The lowest BCUT2D eigenvalue weighted by molar-refractivity contribution is -0.142. The van der Waals surface area contributed by atoms with Crippen LogP contribution in [0.25, 0.3) is 0 Å². The zero-order chi connectivity index (χ0) is 14.4. The molecule has 0 unspecified atom stereocenters. The fourth-order valence-corrected chi connectivity index (χ4v) is 1.68. The van der Waals surface area contributed by atoms with Crippen LogP contribution in [0.3, 0.4) is 0 Å². The van der Waals surface area contributed by atoms with E-state index in [9.17, 15) is 14.4 Å². The summed E-state index contributed by atoms with van der Waals surface area (Å²) in [5.41, 5.74) is -0.298. The van der Waals surface area contributed by atoms with E-state index >= 15 is 0 Å². The highest BCUT2D eigenvalue weighted by Gasteiger charge is 2.21. The zero-order valence-electron chi connectivity index (χ0n) is 11.0. The molecular weight excluding hydrogens is 248 g/mol. The first-order valence-corrected chi connectivity index (χ1v) is 6.07. The summed E-state index contributed by atoms with van der Waals surface area (Å²) in [5, 5.41) is 11.4. The normalized spacial score (nSPS) is 12.2. The molecule has 6 nitrogen and oxygen atoms in total. The SMILES string of the molecule is CC(C)C[C@@H](NC(=O)Cn1ccccc1=O)C(=O)O. The van der Waals surface area contributed by atoms with E-state index < -0.39 is 17.9 Å². The fraction of sp³-hybridized carbons (Fsp3) is 0.462. The van der Waals surface area contributed by atoms with Gasteiger partial charge in [0.05, 0.1) is 0 Å². The number of hydrogen-bond acceptors (Lipinski definition) is 3. The molecule has 1 rings (SSSR count). The van der Waals surface area contributed by atoms with Gasteiger partial charge in [0.2, 0.25) is 5.91 Å². The van der Waals surface area contributed by atoms with Gasteiger partial charge in [0.1, 0.15) is 12.6 Å². The molecule has 0 spiro atoms. The van der Waals surface area contributed by atoms with E-state index in [0.717, 1.165) is 0 Å². The Morgan fingerprint density at radius 1 is 1.37 bits per heavy atom. The van der Waals surface area contributed by atoms with E-state index in [-0.39, 0.29) is 18.0 Å². The van der Waals surface area contributed by atoms with Crippen LogP contribution in [0, 0.1) is 5.92 Å². The van der Waals surface area contributed by atoms with Crippen molar-refractivity contribution in [2.45, 2.75) is 32.9 Å². The average Bonchev–Trinajstić information content (AvgIpc) is 2.30. The summed E-state index contributed by atoms with van der Waals surface area (Å²) < 4.78 is 1.23. The third kappa shape index (κ3) is 4.95. The van der Waals surface area contributed by atoms with Crippen LogP contribution < -0.4 is 10.9 Å². The van der Waals surface area contributed by atoms with Crippen molar-refractivity contribution >= 4 is 11.9 Å². The number of nitrogens with zero attached hydrogens (tertiary/aromatic N) is 1. The minimum Gasteiger partial charge on any atom is -0.480 e. The predicted octanol–water partition coefficient (Wildman–Crippen LogP) is 0.464. The molecule has 0 aliphatic carbocycles. The van der Waals surface area contributed by atoms with Gasteiger partial charge in [0, 0.05) is 12.3 Å². The molecule has 0 fully saturated rings. The summed E-state index contributed by atoms with van der Waals surface area (Å²) >= 11 is 0. The number of aromatic nitrogens is 1. The van der Waals surface area contributed by atoms with Gasteiger partial charge in [-0.3, -0.25) is 9.59 Å². The van der Waals surface area contributed by atoms with Crippen LogP contribution in [0.4, 0.5) is 0 Å². The smallest absolute Gasteiger partial charge is 0.326 e. The van der Waals surface area contributed by atoms with Crippen molar-refractivity contribution in [3.05, 3.63) is 34.7 Å². The summed E-state index contributed by atoms with van der Waals surface area (Å²) in [6, 6.07) is 3.63. The Balaban J connectivity index is 2.66. The number of nitrogens with one attached hydrogen (secondary N) is 1. The minimum absolute atomic E-state index is 0.154. The van der Waals surface area contributed by atoms with E-state index in [1.807, 2.05) is 13.8 Å². The maximum atomic E-state index is 11.7. The topological polar surface area (TPSA) is 88.4 Å². The molecule has 0 saturated carbocycles. The van der Waals surface area contributed by atoms with Gasteiger partial charge < -0.3 is 15.0 Å². The van der Waals surface area contributed by atoms with Gasteiger partial charge in [0.25, 0.3) is 5.56 Å². The Morgan fingerprint density at radius 2 is 2.05 bits per heavy atom. The van der Waals surface area contributed by atoms with Gasteiger partial charge in [-0.05, 0) is 18.4 Å². The highest BCUT2D eigenvalue weighted by Crippen LogP contribution is 2.04. The molecule has 0 saturated heterocycles. The molecule has 2 N–H and O–H groups in total. The lowest BCUT2D eigenvalue weighted by atomic mass is 10.0. The van der Waals surface area contributed by atoms with Crippen molar-refractivity contribution in [1.82, 2.24) is 9.88 Å². The van der Waals surface area contributed by atoms with Crippen LogP contribution >= 0.6 is 0 Å². The first-order valence-electron chi connectivity index (χ1n) is 6.07. The van der Waals surface area contributed by atoms with E-state index in [1.54, 1.807) is 12.1 Å². The monoisotopic (exact) mass is 266 g/mol. The van der Waals surface area contributed by atoms with Gasteiger partial charge in [-0.25, -0.2) is 4.79 Å². The second kappa shape index (κ2) is 6.72. The van der Waals surface area contributed by atoms with Gasteiger partial charge in [-0.15, -0.1) is 0 Å². The van der Waals surface area contributed by atoms with E-state index in [1.165, 1.54) is 16.8 Å². The molecule has 1 atom stereocenters. The molecule has 1 amide bonds. The molecule has 19 heavy (non-hydrogen) atoms. The number of pyridine rings is 1. The van der Waals surface area contributed by atoms with Crippen molar-refractivity contribution in [3.8, 4) is 0 Å². The molecule has 0 bridgehead atoms. The molecule has 1 aromatic heterocycles. The van der Waals surface area contributed by atoms with Crippen LogP contribution in [0.15, 0.2) is 29.2 Å². The van der Waals surface area contributed by atoms with E-state index in [4.69, 9.17) is 5.11 Å². The minimum atomic E-state index is -1.07. The van der Waals surface area contributed by atoms with E-state index in [2.05, 4.69) is 5.32 Å². The number of hydrogen-bond donors (Lipinski definition) is 2. The number of amides is 1. The maximum Gasteiger partial charge on any atom is 0.326 e. The summed E-state index contributed by atoms with van der Waals surface area (Å²) in [5.74, 6) is -1.40. The molecule has 0 aromatic carbocycles. The number of carbonyl (C=O) groups is 2. The van der Waals surface area contributed by atoms with Crippen LogP contribution in [0.1, 0.15) is 20.3 Å². The number of carbonyl (C=O) groups excluding carboxylic acids is 1. The third-order valence-electron chi connectivity index (χ3n) is 2.55. The first-order chi connectivity index (χ1) is 8.90. The second-order valence-corrected chi connectivity index (χ2v) is 4.75. The molecule has 1 heterocycles. The van der Waals surface area contributed by atoms with Crippen molar-refractivity contribution in [2.24, 2.45) is 5.92 Å². The Labute approximate surface area is 111 Å². The Morgan fingerprint density at radius 3 is 2.58 bits per heavy atom. The van der Waals surface area contributed by atoms with Crippen molar-refractivity contribution in [1.29, 1.82) is 0 Å². The lowest BCUT2D eigenvalue weighted by Gasteiger charge is -2.16. The summed E-state index contributed by atoms with van der Waals surface area (Å²) in [6.45, 7) is 3.58.